The zero-order valence-electron chi connectivity index (χ0n) is 15.1. The normalized spacial score (nSPS) is 16.9. The summed E-state index contributed by atoms with van der Waals surface area (Å²) in [6.07, 6.45) is 4.89. The average Bonchev–Trinajstić information content (AvgIpc) is 2.95. The number of rotatable bonds is 6. The predicted molar refractivity (Wildman–Crippen MR) is 115 cm³/mol. The molecule has 0 spiro atoms. The number of hydrogen-bond donors (Lipinski definition) is 1. The van der Waals surface area contributed by atoms with Crippen molar-refractivity contribution >= 4 is 41.7 Å². The number of benzene rings is 1. The quantitative estimate of drug-likeness (QED) is 0.695. The molecule has 1 saturated heterocycles. The van der Waals surface area contributed by atoms with Crippen LogP contribution in [0.4, 0.5) is 0 Å². The summed E-state index contributed by atoms with van der Waals surface area (Å²) in [7, 11) is 0. The number of amides is 1. The van der Waals surface area contributed by atoms with Crippen molar-refractivity contribution in [2.24, 2.45) is 0 Å². The van der Waals surface area contributed by atoms with Crippen molar-refractivity contribution in [2.75, 3.05) is 18.8 Å². The highest BCUT2D eigenvalue weighted by atomic mass is 35.5. The van der Waals surface area contributed by atoms with Crippen molar-refractivity contribution in [3.05, 3.63) is 59.4 Å². The van der Waals surface area contributed by atoms with Gasteiger partial charge in [-0.25, -0.2) is 0 Å². The molecule has 0 bridgehead atoms. The molecular weight excluding hydrogens is 401 g/mol. The summed E-state index contributed by atoms with van der Waals surface area (Å²) in [5.41, 5.74) is 0.931. The summed E-state index contributed by atoms with van der Waals surface area (Å²) in [4.78, 5) is 20.4. The monoisotopic (exact) mass is 425 g/mol. The number of carbonyl (C=O) groups is 1. The smallest absolute Gasteiger partial charge is 0.233 e. The van der Waals surface area contributed by atoms with Gasteiger partial charge in [0.1, 0.15) is 0 Å². The number of thioether (sulfide) groups is 1. The lowest BCUT2D eigenvalue weighted by Crippen LogP contribution is -2.41. The largest absolute Gasteiger partial charge is 0.333 e. The van der Waals surface area contributed by atoms with E-state index >= 15 is 0 Å². The minimum absolute atomic E-state index is 0. The van der Waals surface area contributed by atoms with Gasteiger partial charge in [0.15, 0.2) is 0 Å². The van der Waals surface area contributed by atoms with Crippen LogP contribution in [0.3, 0.4) is 0 Å². The summed E-state index contributed by atoms with van der Waals surface area (Å²) in [5.74, 6) is 0.535. The van der Waals surface area contributed by atoms with E-state index < -0.39 is 0 Å². The molecule has 1 aliphatic heterocycles. The fraction of sp³-hybridized carbons (Fsp3) is 0.400. The van der Waals surface area contributed by atoms with Crippen molar-refractivity contribution in [1.29, 1.82) is 0 Å². The Labute approximate surface area is 176 Å². The molecule has 1 aromatic heterocycles. The van der Waals surface area contributed by atoms with Gasteiger partial charge in [-0.3, -0.25) is 9.78 Å². The highest BCUT2D eigenvalue weighted by Crippen LogP contribution is 2.27. The first-order chi connectivity index (χ1) is 12.7. The third-order valence-corrected chi connectivity index (χ3v) is 6.05. The van der Waals surface area contributed by atoms with Crippen LogP contribution in [-0.2, 0) is 11.3 Å². The van der Waals surface area contributed by atoms with E-state index in [9.17, 15) is 4.79 Å². The molecule has 4 nitrogen and oxygen atoms in total. The van der Waals surface area contributed by atoms with Gasteiger partial charge in [-0.05, 0) is 56.6 Å². The zero-order chi connectivity index (χ0) is 18.2. The predicted octanol–water partition coefficient (Wildman–Crippen LogP) is 4.42. The first kappa shape index (κ1) is 22.0. The maximum Gasteiger partial charge on any atom is 0.233 e. The van der Waals surface area contributed by atoms with Gasteiger partial charge in [-0.2, -0.15) is 0 Å². The molecule has 7 heteroatoms. The standard InChI is InChI=1S/C20H24ClN3OS.ClH/c21-18-8-1-2-9-19(18)26-15-20(25)24(14-16-6-3-4-12-23-16)17-7-5-11-22-13-10-17;/h1-4,6,8-9,12,17,22H,5,7,10-11,13-15H2;1H. The van der Waals surface area contributed by atoms with Gasteiger partial charge in [0, 0.05) is 17.1 Å². The van der Waals surface area contributed by atoms with E-state index in [1.54, 1.807) is 6.20 Å². The lowest BCUT2D eigenvalue weighted by atomic mass is 10.1. The maximum atomic E-state index is 13.1. The minimum Gasteiger partial charge on any atom is -0.333 e. The second kappa shape index (κ2) is 11.5. The molecule has 1 unspecified atom stereocenters. The highest BCUT2D eigenvalue weighted by molar-refractivity contribution is 8.00. The van der Waals surface area contributed by atoms with Crippen molar-refractivity contribution in [3.63, 3.8) is 0 Å². The van der Waals surface area contributed by atoms with Crippen LogP contribution in [0.2, 0.25) is 5.02 Å². The van der Waals surface area contributed by atoms with Crippen molar-refractivity contribution in [3.8, 4) is 0 Å². The van der Waals surface area contributed by atoms with E-state index in [-0.39, 0.29) is 24.4 Å². The van der Waals surface area contributed by atoms with Crippen LogP contribution in [0.15, 0.2) is 53.6 Å². The number of halogens is 2. The van der Waals surface area contributed by atoms with E-state index in [1.165, 1.54) is 11.8 Å². The molecule has 27 heavy (non-hydrogen) atoms. The number of carbonyl (C=O) groups excluding carboxylic acids is 1. The third-order valence-electron chi connectivity index (χ3n) is 4.55. The Hall–Kier alpha value is -1.27. The molecule has 1 aromatic carbocycles. The van der Waals surface area contributed by atoms with Crippen LogP contribution in [0.5, 0.6) is 0 Å². The molecule has 1 atom stereocenters. The van der Waals surface area contributed by atoms with Crippen LogP contribution in [-0.4, -0.2) is 40.7 Å². The third kappa shape index (κ3) is 6.68. The average molecular weight is 426 g/mol. The topological polar surface area (TPSA) is 45.2 Å². The second-order valence-electron chi connectivity index (χ2n) is 6.40. The van der Waals surface area contributed by atoms with Crippen molar-refractivity contribution in [2.45, 2.75) is 36.7 Å². The first-order valence-corrected chi connectivity index (χ1v) is 10.4. The molecule has 1 fully saturated rings. The van der Waals surface area contributed by atoms with E-state index in [1.807, 2.05) is 47.4 Å². The zero-order valence-corrected chi connectivity index (χ0v) is 17.5. The lowest BCUT2D eigenvalue weighted by Gasteiger charge is -2.31. The van der Waals surface area contributed by atoms with Crippen LogP contribution in [0, 0.1) is 0 Å². The lowest BCUT2D eigenvalue weighted by molar-refractivity contribution is -0.131. The Morgan fingerprint density at radius 3 is 2.78 bits per heavy atom. The Morgan fingerprint density at radius 2 is 2.00 bits per heavy atom. The second-order valence-corrected chi connectivity index (χ2v) is 7.82. The van der Waals surface area contributed by atoms with E-state index in [0.717, 1.165) is 42.9 Å². The molecule has 0 saturated carbocycles. The van der Waals surface area contributed by atoms with Gasteiger partial charge in [-0.1, -0.05) is 29.8 Å². The molecule has 1 amide bonds. The number of aromatic nitrogens is 1. The maximum absolute atomic E-state index is 13.1. The molecule has 146 valence electrons. The first-order valence-electron chi connectivity index (χ1n) is 9.01. The SMILES string of the molecule is Cl.O=C(CSc1ccccc1Cl)N(Cc1ccccn1)C1CCCNCC1. The van der Waals surface area contributed by atoms with Crippen LogP contribution < -0.4 is 5.32 Å². The Bertz CT molecular complexity index is 709. The van der Waals surface area contributed by atoms with Crippen molar-refractivity contribution in [1.82, 2.24) is 15.2 Å². The Morgan fingerprint density at radius 1 is 1.19 bits per heavy atom. The Balaban J connectivity index is 0.00000261. The fourth-order valence-electron chi connectivity index (χ4n) is 3.18. The Kier molecular flexibility index (Phi) is 9.42. The fourth-order valence-corrected chi connectivity index (χ4v) is 4.31. The van der Waals surface area contributed by atoms with Gasteiger partial charge >= 0.3 is 0 Å². The molecule has 2 aromatic rings. The number of pyridine rings is 1. The van der Waals surface area contributed by atoms with Crippen molar-refractivity contribution < 1.29 is 4.79 Å². The molecule has 2 heterocycles. The summed E-state index contributed by atoms with van der Waals surface area (Å²) < 4.78 is 0. The van der Waals surface area contributed by atoms with Gasteiger partial charge in [-0.15, -0.1) is 24.2 Å². The molecule has 0 aliphatic carbocycles. The van der Waals surface area contributed by atoms with E-state index in [0.29, 0.717) is 17.3 Å². The molecule has 3 rings (SSSR count). The van der Waals surface area contributed by atoms with E-state index in [4.69, 9.17) is 11.6 Å². The van der Waals surface area contributed by atoms with Crippen LogP contribution in [0.25, 0.3) is 0 Å². The summed E-state index contributed by atoms with van der Waals surface area (Å²) in [6.45, 7) is 2.54. The summed E-state index contributed by atoms with van der Waals surface area (Å²) in [5, 5.41) is 4.12. The van der Waals surface area contributed by atoms with Gasteiger partial charge in [0.25, 0.3) is 0 Å². The summed E-state index contributed by atoms with van der Waals surface area (Å²) in [6, 6.07) is 13.8. The molecule has 0 radical (unpaired) electrons. The number of hydrogen-bond acceptors (Lipinski definition) is 4. The molecule has 1 N–H and O–H groups in total. The van der Waals surface area contributed by atoms with Gasteiger partial charge in [0.2, 0.25) is 5.91 Å². The molecule has 1 aliphatic rings. The highest BCUT2D eigenvalue weighted by Gasteiger charge is 2.25. The molecular formula is C20H25Cl2N3OS. The van der Waals surface area contributed by atoms with Crippen LogP contribution >= 0.6 is 35.8 Å². The number of nitrogens with zero attached hydrogens (tertiary/aromatic N) is 2. The van der Waals surface area contributed by atoms with Crippen LogP contribution in [0.1, 0.15) is 25.0 Å². The van der Waals surface area contributed by atoms with Gasteiger partial charge in [0.05, 0.1) is 23.0 Å². The van der Waals surface area contributed by atoms with Gasteiger partial charge < -0.3 is 10.2 Å². The van der Waals surface area contributed by atoms with E-state index in [2.05, 4.69) is 10.3 Å². The summed E-state index contributed by atoms with van der Waals surface area (Å²) >= 11 is 7.73. The number of nitrogens with one attached hydrogen (secondary N) is 1. The minimum atomic E-state index is 0.